The molecule has 3 aromatic rings. The summed E-state index contributed by atoms with van der Waals surface area (Å²) in [7, 11) is 0. The minimum Gasteiger partial charge on any atom is -0.467 e. The maximum Gasteiger partial charge on any atom is 0.241 e. The van der Waals surface area contributed by atoms with E-state index in [-0.39, 0.29) is 17.7 Å². The second-order valence-electron chi connectivity index (χ2n) is 6.37. The summed E-state index contributed by atoms with van der Waals surface area (Å²) in [6.07, 6.45) is 1.62. The smallest absolute Gasteiger partial charge is 0.241 e. The van der Waals surface area contributed by atoms with Crippen LogP contribution >= 0.6 is 0 Å². The highest BCUT2D eigenvalue weighted by Gasteiger charge is 2.22. The van der Waals surface area contributed by atoms with Gasteiger partial charge in [-0.2, -0.15) is 0 Å². The number of furan rings is 1. The highest BCUT2D eigenvalue weighted by Crippen LogP contribution is 2.23. The Balaban J connectivity index is 1.74. The summed E-state index contributed by atoms with van der Waals surface area (Å²) in [6, 6.07) is 19.7. The molecule has 27 heavy (non-hydrogen) atoms. The number of carbonyl (C=O) groups excluding carboxylic acids is 2. The first-order valence-electron chi connectivity index (χ1n) is 8.81. The van der Waals surface area contributed by atoms with Crippen LogP contribution in [-0.4, -0.2) is 17.7 Å². The van der Waals surface area contributed by atoms with Gasteiger partial charge in [-0.1, -0.05) is 42.5 Å². The van der Waals surface area contributed by atoms with Crippen LogP contribution in [-0.2, 0) is 4.79 Å². The normalized spacial score (nSPS) is 13.0. The van der Waals surface area contributed by atoms with Crippen molar-refractivity contribution in [3.63, 3.8) is 0 Å². The van der Waals surface area contributed by atoms with Gasteiger partial charge < -0.3 is 9.73 Å². The topological polar surface area (TPSA) is 71.3 Å². The van der Waals surface area contributed by atoms with Crippen LogP contribution in [0.4, 0.5) is 5.69 Å². The van der Waals surface area contributed by atoms with Crippen molar-refractivity contribution in [1.82, 2.24) is 5.32 Å². The lowest BCUT2D eigenvalue weighted by molar-refractivity contribution is -0.117. The van der Waals surface area contributed by atoms with Gasteiger partial charge in [-0.15, -0.1) is 0 Å². The Bertz CT molecular complexity index is 904. The van der Waals surface area contributed by atoms with Gasteiger partial charge in [0, 0.05) is 11.3 Å². The molecule has 0 aliphatic heterocycles. The maximum absolute atomic E-state index is 12.6. The summed E-state index contributed by atoms with van der Waals surface area (Å²) < 4.78 is 5.56. The van der Waals surface area contributed by atoms with Gasteiger partial charge in [0.05, 0.1) is 18.3 Å². The largest absolute Gasteiger partial charge is 0.467 e. The van der Waals surface area contributed by atoms with Gasteiger partial charge >= 0.3 is 0 Å². The van der Waals surface area contributed by atoms with E-state index >= 15 is 0 Å². The zero-order valence-corrected chi connectivity index (χ0v) is 15.3. The minimum atomic E-state index is -0.485. The number of rotatable bonds is 7. The predicted octanol–water partition coefficient (Wildman–Crippen LogP) is 4.19. The van der Waals surface area contributed by atoms with Gasteiger partial charge in [0.2, 0.25) is 5.91 Å². The van der Waals surface area contributed by atoms with Gasteiger partial charge in [-0.25, -0.2) is 0 Å². The summed E-state index contributed by atoms with van der Waals surface area (Å²) >= 11 is 0. The second kappa shape index (κ2) is 8.47. The summed E-state index contributed by atoms with van der Waals surface area (Å²) in [6.45, 7) is 3.29. The molecule has 2 atom stereocenters. The standard InChI is InChI=1S/C22H22N2O3/c1-15(22(26)24-19-11-6-10-18(14-19)16(2)25)23-21(20-12-7-13-27-20)17-8-4-3-5-9-17/h3-15,21,23H,1-2H3,(H,24,26)/t15-,21-/m1/s1. The molecular formula is C22H22N2O3. The highest BCUT2D eigenvalue weighted by molar-refractivity contribution is 5.98. The molecule has 138 valence electrons. The zero-order valence-electron chi connectivity index (χ0n) is 15.3. The molecule has 0 unspecified atom stereocenters. The number of amides is 1. The van der Waals surface area contributed by atoms with E-state index in [2.05, 4.69) is 10.6 Å². The molecule has 5 nitrogen and oxygen atoms in total. The third-order valence-corrected chi connectivity index (χ3v) is 4.31. The van der Waals surface area contributed by atoms with E-state index in [9.17, 15) is 9.59 Å². The van der Waals surface area contributed by atoms with E-state index in [0.29, 0.717) is 11.3 Å². The minimum absolute atomic E-state index is 0.0424. The number of anilines is 1. The molecule has 1 aromatic heterocycles. The van der Waals surface area contributed by atoms with Crippen molar-refractivity contribution >= 4 is 17.4 Å². The van der Waals surface area contributed by atoms with Crippen LogP contribution in [0, 0.1) is 0 Å². The molecular weight excluding hydrogens is 340 g/mol. The van der Waals surface area contributed by atoms with Gasteiger partial charge in [-0.3, -0.25) is 14.9 Å². The molecule has 1 heterocycles. The number of hydrogen-bond acceptors (Lipinski definition) is 4. The van der Waals surface area contributed by atoms with Crippen molar-refractivity contribution in [2.45, 2.75) is 25.9 Å². The molecule has 1 amide bonds. The third-order valence-electron chi connectivity index (χ3n) is 4.31. The van der Waals surface area contributed by atoms with Crippen LogP contribution < -0.4 is 10.6 Å². The van der Waals surface area contributed by atoms with Crippen LogP contribution in [0.2, 0.25) is 0 Å². The molecule has 0 saturated heterocycles. The first-order valence-corrected chi connectivity index (χ1v) is 8.81. The number of nitrogens with one attached hydrogen (secondary N) is 2. The Kier molecular flexibility index (Phi) is 5.84. The van der Waals surface area contributed by atoms with E-state index < -0.39 is 6.04 Å². The van der Waals surface area contributed by atoms with Crippen molar-refractivity contribution in [2.24, 2.45) is 0 Å². The predicted molar refractivity (Wildman–Crippen MR) is 105 cm³/mol. The molecule has 0 bridgehead atoms. The van der Waals surface area contributed by atoms with Gasteiger partial charge in [0.1, 0.15) is 5.76 Å². The highest BCUT2D eigenvalue weighted by atomic mass is 16.3. The summed E-state index contributed by atoms with van der Waals surface area (Å²) in [4.78, 5) is 24.2. The lowest BCUT2D eigenvalue weighted by Gasteiger charge is -2.22. The molecule has 0 spiro atoms. The Morgan fingerprint density at radius 3 is 2.41 bits per heavy atom. The van der Waals surface area contributed by atoms with E-state index in [1.807, 2.05) is 42.5 Å². The lowest BCUT2D eigenvalue weighted by atomic mass is 10.0. The third kappa shape index (κ3) is 4.71. The molecule has 3 rings (SSSR count). The van der Waals surface area contributed by atoms with Crippen LogP contribution in [0.25, 0.3) is 0 Å². The van der Waals surface area contributed by atoms with Crippen LogP contribution in [0.1, 0.15) is 41.6 Å². The van der Waals surface area contributed by atoms with Gasteiger partial charge in [0.15, 0.2) is 5.78 Å². The molecule has 0 aliphatic carbocycles. The molecule has 5 heteroatoms. The fraction of sp³-hybridized carbons (Fsp3) is 0.182. The molecule has 0 fully saturated rings. The van der Waals surface area contributed by atoms with Crippen molar-refractivity contribution in [3.8, 4) is 0 Å². The summed E-state index contributed by atoms with van der Waals surface area (Å²) in [5.74, 6) is 0.502. The van der Waals surface area contributed by atoms with E-state index in [0.717, 1.165) is 11.3 Å². The number of benzene rings is 2. The monoisotopic (exact) mass is 362 g/mol. The molecule has 0 aliphatic rings. The second-order valence-corrected chi connectivity index (χ2v) is 6.37. The number of Topliss-reactive ketones (excluding diaryl/α,β-unsaturated/α-hetero) is 1. The fourth-order valence-corrected chi connectivity index (χ4v) is 2.84. The van der Waals surface area contributed by atoms with Crippen molar-refractivity contribution in [1.29, 1.82) is 0 Å². The van der Waals surface area contributed by atoms with Gasteiger partial charge in [0.25, 0.3) is 0 Å². The maximum atomic E-state index is 12.6. The Labute approximate surface area is 158 Å². The van der Waals surface area contributed by atoms with Crippen molar-refractivity contribution in [2.75, 3.05) is 5.32 Å². The average molecular weight is 362 g/mol. The van der Waals surface area contributed by atoms with Crippen molar-refractivity contribution < 1.29 is 14.0 Å². The number of carbonyl (C=O) groups is 2. The molecule has 0 saturated carbocycles. The Morgan fingerprint density at radius 2 is 1.74 bits per heavy atom. The van der Waals surface area contributed by atoms with Crippen LogP contribution in [0.5, 0.6) is 0 Å². The molecule has 2 N–H and O–H groups in total. The molecule has 0 radical (unpaired) electrons. The zero-order chi connectivity index (χ0) is 19.2. The fourth-order valence-electron chi connectivity index (χ4n) is 2.84. The van der Waals surface area contributed by atoms with Crippen molar-refractivity contribution in [3.05, 3.63) is 89.9 Å². The van der Waals surface area contributed by atoms with E-state index in [1.54, 1.807) is 37.5 Å². The summed E-state index contributed by atoms with van der Waals surface area (Å²) in [5, 5.41) is 6.18. The van der Waals surface area contributed by atoms with Crippen LogP contribution in [0.15, 0.2) is 77.4 Å². The Hall–Kier alpha value is -3.18. The van der Waals surface area contributed by atoms with E-state index in [4.69, 9.17) is 4.42 Å². The van der Waals surface area contributed by atoms with Gasteiger partial charge in [-0.05, 0) is 43.7 Å². The number of hydrogen-bond donors (Lipinski definition) is 2. The molecule has 2 aromatic carbocycles. The van der Waals surface area contributed by atoms with E-state index in [1.165, 1.54) is 6.92 Å². The Morgan fingerprint density at radius 1 is 0.963 bits per heavy atom. The first-order chi connectivity index (χ1) is 13.0. The quantitative estimate of drug-likeness (QED) is 0.618. The number of ketones is 1. The summed E-state index contributed by atoms with van der Waals surface area (Å²) in [5.41, 5.74) is 2.16. The van der Waals surface area contributed by atoms with Crippen LogP contribution in [0.3, 0.4) is 0 Å². The first kappa shape index (κ1) is 18.6. The average Bonchev–Trinajstić information content (AvgIpc) is 3.21. The SMILES string of the molecule is CC(=O)c1cccc(NC(=O)[C@@H](C)N[C@H](c2ccccc2)c2ccco2)c1. The lowest BCUT2D eigenvalue weighted by Crippen LogP contribution is -2.40.